The fraction of sp³-hybridized carbons (Fsp3) is 0.273. The lowest BCUT2D eigenvalue weighted by molar-refractivity contribution is -0.140. The zero-order valence-electron chi connectivity index (χ0n) is 22.6. The van der Waals surface area contributed by atoms with Crippen molar-refractivity contribution in [3.05, 3.63) is 101 Å². The number of aryl methyl sites for hydroxylation is 2. The van der Waals surface area contributed by atoms with E-state index in [1.807, 2.05) is 65.3 Å². The van der Waals surface area contributed by atoms with Crippen molar-refractivity contribution >= 4 is 35.0 Å². The summed E-state index contributed by atoms with van der Waals surface area (Å²) in [6.07, 6.45) is 9.92. The van der Waals surface area contributed by atoms with Crippen molar-refractivity contribution in [2.24, 2.45) is 0 Å². The van der Waals surface area contributed by atoms with Gasteiger partial charge in [0.15, 0.2) is 0 Å². The molecule has 0 spiro atoms. The number of unbranched alkanes of at least 4 members (excludes halogenated alkanes) is 1. The van der Waals surface area contributed by atoms with Crippen molar-refractivity contribution < 1.29 is 23.8 Å². The number of esters is 2. The van der Waals surface area contributed by atoms with Gasteiger partial charge in [0.1, 0.15) is 5.75 Å². The Balaban J connectivity index is 1.40. The molecule has 0 N–H and O–H groups in total. The van der Waals surface area contributed by atoms with Gasteiger partial charge >= 0.3 is 11.9 Å². The predicted molar refractivity (Wildman–Crippen MR) is 155 cm³/mol. The van der Waals surface area contributed by atoms with Gasteiger partial charge in [-0.25, -0.2) is 4.79 Å². The van der Waals surface area contributed by atoms with Crippen molar-refractivity contribution in [3.63, 3.8) is 0 Å². The van der Waals surface area contributed by atoms with Crippen molar-refractivity contribution in [2.45, 2.75) is 38.6 Å². The molecule has 1 heterocycles. The molecule has 202 valence electrons. The molecule has 6 heteroatoms. The quantitative estimate of drug-likeness (QED) is 0.107. The third kappa shape index (κ3) is 7.60. The second-order valence-electron chi connectivity index (χ2n) is 9.34. The van der Waals surface area contributed by atoms with Crippen LogP contribution in [0.4, 0.5) is 0 Å². The first-order valence-electron chi connectivity index (χ1n) is 13.3. The average molecular weight is 526 g/mol. The number of hydrogen-bond donors (Lipinski definition) is 0. The van der Waals surface area contributed by atoms with Crippen LogP contribution in [0.1, 0.15) is 52.7 Å². The largest absolute Gasteiger partial charge is 0.494 e. The average Bonchev–Trinajstić information content (AvgIpc) is 3.35. The zero-order chi connectivity index (χ0) is 27.5. The number of hydrogen-bond acceptors (Lipinski definition) is 5. The van der Waals surface area contributed by atoms with Gasteiger partial charge in [0.05, 0.1) is 26.4 Å². The summed E-state index contributed by atoms with van der Waals surface area (Å²) in [4.78, 5) is 24.1. The summed E-state index contributed by atoms with van der Waals surface area (Å²) in [7, 11) is 2.77. The summed E-state index contributed by atoms with van der Waals surface area (Å²) < 4.78 is 17.7. The highest BCUT2D eigenvalue weighted by Crippen LogP contribution is 2.28. The molecule has 0 amide bonds. The maximum absolute atomic E-state index is 12.6. The van der Waals surface area contributed by atoms with Crippen LogP contribution in [0.2, 0.25) is 0 Å². The number of fused-ring (bicyclic) bond motifs is 1. The molecule has 0 fully saturated rings. The van der Waals surface area contributed by atoms with Crippen LogP contribution in [0, 0.1) is 0 Å². The summed E-state index contributed by atoms with van der Waals surface area (Å²) in [5.74, 6) is 0.214. The summed E-state index contributed by atoms with van der Waals surface area (Å²) in [5.41, 5.74) is 4.72. The highest BCUT2D eigenvalue weighted by molar-refractivity contribution is 6.08. The van der Waals surface area contributed by atoms with E-state index in [0.717, 1.165) is 47.0 Å². The number of ether oxygens (including phenoxy) is 3. The molecular weight excluding hydrogens is 490 g/mol. The molecule has 4 aromatic rings. The van der Waals surface area contributed by atoms with Gasteiger partial charge in [0.25, 0.3) is 0 Å². The molecule has 0 aliphatic carbocycles. The van der Waals surface area contributed by atoms with E-state index in [-0.39, 0.29) is 5.97 Å². The molecule has 6 nitrogen and oxygen atoms in total. The van der Waals surface area contributed by atoms with Gasteiger partial charge in [-0.3, -0.25) is 4.79 Å². The standard InChI is InChI=1S/C33H35NO5/c1-37-31(35)15-9-22-34-24-29(33(36)38-2)32-27(13-8-14-30(32)34)19-16-26-17-20-28(21-18-26)39-23-7-6-12-25-10-4-3-5-11-25/h3-5,8,10-11,13-14,16-21,24H,6-7,9,12,15,22-23H2,1-2H3/b19-16+. The van der Waals surface area contributed by atoms with Crippen molar-refractivity contribution in [2.75, 3.05) is 20.8 Å². The van der Waals surface area contributed by atoms with Gasteiger partial charge in [-0.15, -0.1) is 0 Å². The van der Waals surface area contributed by atoms with Gasteiger partial charge in [0.2, 0.25) is 0 Å². The van der Waals surface area contributed by atoms with E-state index >= 15 is 0 Å². The number of carbonyl (C=O) groups is 2. The lowest BCUT2D eigenvalue weighted by Crippen LogP contribution is -2.04. The number of benzene rings is 3. The van der Waals surface area contributed by atoms with Crippen LogP contribution in [0.25, 0.3) is 23.1 Å². The van der Waals surface area contributed by atoms with Crippen molar-refractivity contribution in [3.8, 4) is 5.75 Å². The Morgan fingerprint density at radius 3 is 2.36 bits per heavy atom. The molecule has 0 unspecified atom stereocenters. The Bertz CT molecular complexity index is 1400. The highest BCUT2D eigenvalue weighted by Gasteiger charge is 2.18. The predicted octanol–water partition coefficient (Wildman–Crippen LogP) is 6.95. The molecule has 0 radical (unpaired) electrons. The molecule has 0 saturated heterocycles. The number of rotatable bonds is 13. The number of methoxy groups -OCH3 is 2. The molecule has 39 heavy (non-hydrogen) atoms. The highest BCUT2D eigenvalue weighted by atomic mass is 16.5. The zero-order valence-corrected chi connectivity index (χ0v) is 22.6. The molecule has 4 rings (SSSR count). The van der Waals surface area contributed by atoms with E-state index in [1.54, 1.807) is 6.20 Å². The Labute approximate surface area is 229 Å². The van der Waals surface area contributed by atoms with Crippen molar-refractivity contribution in [1.82, 2.24) is 4.57 Å². The molecule has 0 atom stereocenters. The minimum atomic E-state index is -0.391. The fourth-order valence-electron chi connectivity index (χ4n) is 4.59. The van der Waals surface area contributed by atoms with E-state index in [1.165, 1.54) is 19.8 Å². The Morgan fingerprint density at radius 2 is 1.62 bits per heavy atom. The van der Waals surface area contributed by atoms with E-state index in [9.17, 15) is 9.59 Å². The maximum atomic E-state index is 12.6. The van der Waals surface area contributed by atoms with E-state index < -0.39 is 5.97 Å². The first-order chi connectivity index (χ1) is 19.1. The normalized spacial score (nSPS) is 11.1. The topological polar surface area (TPSA) is 66.8 Å². The summed E-state index contributed by atoms with van der Waals surface area (Å²) >= 11 is 0. The van der Waals surface area contributed by atoms with Crippen LogP contribution in [-0.4, -0.2) is 37.3 Å². The van der Waals surface area contributed by atoms with Crippen molar-refractivity contribution in [1.29, 1.82) is 0 Å². The van der Waals surface area contributed by atoms with E-state index in [4.69, 9.17) is 14.2 Å². The first kappa shape index (κ1) is 27.7. The lowest BCUT2D eigenvalue weighted by atomic mass is 10.0. The molecule has 3 aromatic carbocycles. The van der Waals surface area contributed by atoms with E-state index in [0.29, 0.717) is 31.6 Å². The van der Waals surface area contributed by atoms with Crippen LogP contribution in [0.5, 0.6) is 5.75 Å². The molecule has 0 bridgehead atoms. The molecule has 1 aromatic heterocycles. The van der Waals surface area contributed by atoms with E-state index in [2.05, 4.69) is 24.3 Å². The lowest BCUT2D eigenvalue weighted by Gasteiger charge is -2.07. The number of carbonyl (C=O) groups excluding carboxylic acids is 2. The number of aromatic nitrogens is 1. The van der Waals surface area contributed by atoms with Gasteiger partial charge in [-0.05, 0) is 60.6 Å². The van der Waals surface area contributed by atoms with Crippen LogP contribution >= 0.6 is 0 Å². The molecule has 0 aliphatic heterocycles. The first-order valence-corrected chi connectivity index (χ1v) is 13.3. The fourth-order valence-corrected chi connectivity index (χ4v) is 4.59. The smallest absolute Gasteiger partial charge is 0.340 e. The monoisotopic (exact) mass is 525 g/mol. The molecular formula is C33H35NO5. The maximum Gasteiger partial charge on any atom is 0.340 e. The second-order valence-corrected chi connectivity index (χ2v) is 9.34. The minimum absolute atomic E-state index is 0.247. The summed E-state index contributed by atoms with van der Waals surface area (Å²) in [6.45, 7) is 1.28. The van der Waals surface area contributed by atoms with Crippen LogP contribution < -0.4 is 4.74 Å². The summed E-state index contributed by atoms with van der Waals surface area (Å²) in [6, 6.07) is 24.4. The van der Waals surface area contributed by atoms with Gasteiger partial charge in [-0.1, -0.05) is 66.7 Å². The Morgan fingerprint density at radius 1 is 0.821 bits per heavy atom. The minimum Gasteiger partial charge on any atom is -0.494 e. The Hall–Kier alpha value is -4.32. The second kappa shape index (κ2) is 14.0. The molecule has 0 aliphatic rings. The van der Waals surface area contributed by atoms with Crippen LogP contribution in [0.15, 0.2) is 79.0 Å². The SMILES string of the molecule is COC(=O)CCCn1cc(C(=O)OC)c2c(/C=C/c3ccc(OCCCCc4ccccc4)cc3)cccc21. The van der Waals surface area contributed by atoms with Gasteiger partial charge in [-0.2, -0.15) is 0 Å². The summed E-state index contributed by atoms with van der Waals surface area (Å²) in [5, 5.41) is 0.828. The van der Waals surface area contributed by atoms with Crippen LogP contribution in [-0.2, 0) is 27.2 Å². The molecule has 0 saturated carbocycles. The third-order valence-electron chi connectivity index (χ3n) is 6.66. The van der Waals surface area contributed by atoms with Gasteiger partial charge in [0, 0.05) is 30.1 Å². The van der Waals surface area contributed by atoms with Gasteiger partial charge < -0.3 is 18.8 Å². The third-order valence-corrected chi connectivity index (χ3v) is 6.66. The Kier molecular flexibility index (Phi) is 9.95. The van der Waals surface area contributed by atoms with Crippen LogP contribution in [0.3, 0.4) is 0 Å². The number of nitrogens with zero attached hydrogens (tertiary/aromatic N) is 1.